The molecular formula is C24H29BrClFN4O3. The van der Waals surface area contributed by atoms with Gasteiger partial charge in [0.2, 0.25) is 5.91 Å². The summed E-state index contributed by atoms with van der Waals surface area (Å²) < 4.78 is 21.0. The van der Waals surface area contributed by atoms with Crippen LogP contribution < -0.4 is 10.2 Å². The third kappa shape index (κ3) is 4.00. The van der Waals surface area contributed by atoms with Gasteiger partial charge >= 0.3 is 6.09 Å². The Balaban J connectivity index is 0.00000133. The van der Waals surface area contributed by atoms with Crippen molar-refractivity contribution in [2.24, 2.45) is 5.92 Å². The SMILES string of the molecule is CC.Cc1cc2c3c(c(Cl)nc2c(F)c1Br)NC(=O)CN3C1C2CC1N(C(=O)OC(C)(C)C)C2. The molecule has 3 unspecified atom stereocenters. The normalized spacial score (nSPS) is 23.1. The Morgan fingerprint density at radius 3 is 2.68 bits per heavy atom. The van der Waals surface area contributed by atoms with Crippen LogP contribution in [-0.4, -0.2) is 52.7 Å². The Morgan fingerprint density at radius 2 is 2.03 bits per heavy atom. The van der Waals surface area contributed by atoms with Gasteiger partial charge in [-0.25, -0.2) is 14.2 Å². The highest BCUT2D eigenvalue weighted by Crippen LogP contribution is 2.51. The lowest BCUT2D eigenvalue weighted by atomic mass is 9.78. The average molecular weight is 556 g/mol. The summed E-state index contributed by atoms with van der Waals surface area (Å²) in [4.78, 5) is 33.3. The molecular weight excluding hydrogens is 527 g/mol. The number of amides is 2. The van der Waals surface area contributed by atoms with Crippen molar-refractivity contribution in [3.05, 3.63) is 27.1 Å². The monoisotopic (exact) mass is 554 g/mol. The number of rotatable bonds is 1. The van der Waals surface area contributed by atoms with Crippen molar-refractivity contribution >= 4 is 61.8 Å². The first-order chi connectivity index (χ1) is 16.0. The maximum Gasteiger partial charge on any atom is 0.410 e. The molecule has 2 bridgehead atoms. The van der Waals surface area contributed by atoms with Gasteiger partial charge < -0.3 is 19.9 Å². The van der Waals surface area contributed by atoms with Gasteiger partial charge in [-0.2, -0.15) is 0 Å². The molecule has 1 saturated carbocycles. The lowest BCUT2D eigenvalue weighted by Gasteiger charge is -2.47. The number of ether oxygens (including phenoxy) is 1. The summed E-state index contributed by atoms with van der Waals surface area (Å²) in [7, 11) is 0. The predicted molar refractivity (Wildman–Crippen MR) is 135 cm³/mol. The number of anilines is 2. The molecule has 3 fully saturated rings. The summed E-state index contributed by atoms with van der Waals surface area (Å²) in [6, 6.07) is 1.68. The standard InChI is InChI=1S/C22H23BrClFN4O3.C2H6/c1-9-5-11-16(15(25)14(9)23)27-20(24)17-19(11)29(8-13(30)26-17)18-10-6-12(18)28(7-10)21(31)32-22(2,3)4;1-2/h5,10,12,18H,6-8H2,1-4H3,(H,26,30);1-2H3. The minimum atomic E-state index is -0.588. The van der Waals surface area contributed by atoms with Crippen LogP contribution >= 0.6 is 27.5 Å². The molecule has 2 aromatic rings. The van der Waals surface area contributed by atoms with Gasteiger partial charge in [-0.1, -0.05) is 25.4 Å². The Morgan fingerprint density at radius 1 is 1.35 bits per heavy atom. The average Bonchev–Trinajstić information content (AvgIpc) is 3.34. The molecule has 2 amide bonds. The zero-order valence-electron chi connectivity index (χ0n) is 20.1. The number of pyridine rings is 1. The van der Waals surface area contributed by atoms with Crippen LogP contribution in [-0.2, 0) is 9.53 Å². The van der Waals surface area contributed by atoms with Crippen LogP contribution in [0.5, 0.6) is 0 Å². The molecule has 1 aromatic heterocycles. The van der Waals surface area contributed by atoms with E-state index >= 15 is 4.39 Å². The van der Waals surface area contributed by atoms with Gasteiger partial charge in [0, 0.05) is 17.8 Å². The van der Waals surface area contributed by atoms with Gasteiger partial charge in [0.1, 0.15) is 16.8 Å². The summed E-state index contributed by atoms with van der Waals surface area (Å²) in [6.07, 6.45) is 0.491. The minimum absolute atomic E-state index is 0.0378. The van der Waals surface area contributed by atoms with Crippen molar-refractivity contribution < 1.29 is 18.7 Å². The van der Waals surface area contributed by atoms with E-state index in [1.165, 1.54) is 0 Å². The fourth-order valence-electron chi connectivity index (χ4n) is 5.08. The van der Waals surface area contributed by atoms with Crippen molar-refractivity contribution in [2.75, 3.05) is 23.3 Å². The van der Waals surface area contributed by atoms with Gasteiger partial charge in [0.05, 0.1) is 28.8 Å². The highest BCUT2D eigenvalue weighted by Gasteiger charge is 2.58. The molecule has 4 aliphatic rings. The molecule has 4 heterocycles. The van der Waals surface area contributed by atoms with Gasteiger partial charge in [0.15, 0.2) is 11.0 Å². The van der Waals surface area contributed by atoms with E-state index in [0.29, 0.717) is 33.3 Å². The molecule has 1 N–H and O–H groups in total. The number of carbonyl (C=O) groups excluding carboxylic acids is 2. The molecule has 1 aromatic carbocycles. The van der Waals surface area contributed by atoms with E-state index < -0.39 is 11.4 Å². The smallest absolute Gasteiger partial charge is 0.410 e. The highest BCUT2D eigenvalue weighted by molar-refractivity contribution is 9.10. The van der Waals surface area contributed by atoms with E-state index in [2.05, 4.69) is 26.2 Å². The number of nitrogens with zero attached hydrogens (tertiary/aromatic N) is 3. The Bertz CT molecular complexity index is 1190. The van der Waals surface area contributed by atoms with Crippen LogP contribution in [0.25, 0.3) is 10.9 Å². The van der Waals surface area contributed by atoms with E-state index in [9.17, 15) is 9.59 Å². The molecule has 7 nitrogen and oxygen atoms in total. The van der Waals surface area contributed by atoms with Gasteiger partial charge in [-0.15, -0.1) is 0 Å². The molecule has 6 rings (SSSR count). The number of fused-ring (bicyclic) bond motifs is 4. The summed E-state index contributed by atoms with van der Waals surface area (Å²) in [5.41, 5.74) is 1.30. The molecule has 184 valence electrons. The molecule has 0 spiro atoms. The second-order valence-electron chi connectivity index (χ2n) is 9.71. The molecule has 2 saturated heterocycles. The summed E-state index contributed by atoms with van der Waals surface area (Å²) in [6.45, 7) is 12.0. The van der Waals surface area contributed by atoms with Gasteiger partial charge in [-0.05, 0) is 61.7 Å². The summed E-state index contributed by atoms with van der Waals surface area (Å²) in [5.74, 6) is -0.520. The van der Waals surface area contributed by atoms with E-state index in [0.717, 1.165) is 6.42 Å². The number of hydrogen-bond donors (Lipinski definition) is 1. The quantitative estimate of drug-likeness (QED) is 0.444. The van der Waals surface area contributed by atoms with Crippen LogP contribution in [0.2, 0.25) is 5.15 Å². The molecule has 0 radical (unpaired) electrons. The maximum absolute atomic E-state index is 15.1. The third-order valence-corrected chi connectivity index (χ3v) is 7.62. The first-order valence-corrected chi connectivity index (χ1v) is 12.7. The third-order valence-electron chi connectivity index (χ3n) is 6.38. The van der Waals surface area contributed by atoms with Crippen LogP contribution in [0, 0.1) is 18.7 Å². The molecule has 3 atom stereocenters. The number of aryl methyl sites for hydroxylation is 1. The van der Waals surface area contributed by atoms with E-state index in [1.54, 1.807) is 11.8 Å². The lowest BCUT2D eigenvalue weighted by Crippen LogP contribution is -2.59. The van der Waals surface area contributed by atoms with Crippen LogP contribution in [0.15, 0.2) is 10.5 Å². The molecule has 10 heteroatoms. The van der Waals surface area contributed by atoms with E-state index in [1.807, 2.05) is 45.6 Å². The highest BCUT2D eigenvalue weighted by atomic mass is 79.9. The van der Waals surface area contributed by atoms with Crippen molar-refractivity contribution in [3.8, 4) is 0 Å². The predicted octanol–water partition coefficient (Wildman–Crippen LogP) is 5.89. The zero-order valence-corrected chi connectivity index (χ0v) is 22.5. The molecule has 3 aliphatic heterocycles. The fraction of sp³-hybridized carbons (Fsp3) is 0.542. The van der Waals surface area contributed by atoms with Crippen LogP contribution in [0.4, 0.5) is 20.6 Å². The fourth-order valence-corrected chi connectivity index (χ4v) is 5.60. The van der Waals surface area contributed by atoms with Crippen molar-refractivity contribution in [2.45, 2.75) is 65.6 Å². The Kier molecular flexibility index (Phi) is 6.48. The second kappa shape index (κ2) is 8.82. The Hall–Kier alpha value is -2.13. The van der Waals surface area contributed by atoms with Crippen molar-refractivity contribution in [3.63, 3.8) is 0 Å². The first-order valence-electron chi connectivity index (χ1n) is 11.5. The second-order valence-corrected chi connectivity index (χ2v) is 10.9. The number of nitrogens with one attached hydrogen (secondary N) is 1. The molecule has 1 aliphatic carbocycles. The van der Waals surface area contributed by atoms with Crippen LogP contribution in [0.1, 0.15) is 46.6 Å². The number of benzene rings is 1. The zero-order chi connectivity index (χ0) is 25.1. The summed E-state index contributed by atoms with van der Waals surface area (Å²) >= 11 is 9.68. The van der Waals surface area contributed by atoms with Gasteiger partial charge in [0.25, 0.3) is 0 Å². The number of aromatic nitrogens is 1. The topological polar surface area (TPSA) is 74.8 Å². The largest absolute Gasteiger partial charge is 0.444 e. The van der Waals surface area contributed by atoms with Crippen LogP contribution in [0.3, 0.4) is 0 Å². The van der Waals surface area contributed by atoms with Gasteiger partial charge in [-0.3, -0.25) is 4.79 Å². The van der Waals surface area contributed by atoms with Crippen molar-refractivity contribution in [1.82, 2.24) is 9.88 Å². The lowest BCUT2D eigenvalue weighted by molar-refractivity contribution is -0.115. The van der Waals surface area contributed by atoms with E-state index in [-0.39, 0.29) is 47.2 Å². The number of carbonyl (C=O) groups is 2. The van der Waals surface area contributed by atoms with Crippen molar-refractivity contribution in [1.29, 1.82) is 0 Å². The molecule has 34 heavy (non-hydrogen) atoms. The maximum atomic E-state index is 15.1. The van der Waals surface area contributed by atoms with E-state index in [4.69, 9.17) is 16.3 Å². The minimum Gasteiger partial charge on any atom is -0.444 e. The summed E-state index contributed by atoms with van der Waals surface area (Å²) in [5, 5.41) is 3.43. The number of halogens is 3. The first kappa shape index (κ1) is 25.0. The Labute approximate surface area is 212 Å². The number of hydrogen-bond acceptors (Lipinski definition) is 5.